The van der Waals surface area contributed by atoms with Gasteiger partial charge < -0.3 is 5.73 Å². The Balaban J connectivity index is 3.25. The van der Waals surface area contributed by atoms with Crippen LogP contribution in [0, 0.1) is 10.1 Å². The van der Waals surface area contributed by atoms with Crippen LogP contribution in [0.25, 0.3) is 5.57 Å². The average Bonchev–Trinajstić information content (AvgIpc) is 2.64. The van der Waals surface area contributed by atoms with Gasteiger partial charge in [-0.3, -0.25) is 10.1 Å². The topological polar surface area (TPSA) is 82.0 Å². The van der Waals surface area contributed by atoms with E-state index in [9.17, 15) is 10.1 Å². The van der Waals surface area contributed by atoms with E-state index >= 15 is 0 Å². The van der Waals surface area contributed by atoms with Crippen LogP contribution in [-0.2, 0) is 0 Å². The Kier molecular flexibility index (Phi) is 3.96. The van der Waals surface area contributed by atoms with E-state index in [0.29, 0.717) is 16.4 Å². The summed E-state index contributed by atoms with van der Waals surface area (Å²) in [6.07, 6.45) is 4.45. The monoisotopic (exact) mass is 237 g/mol. The van der Waals surface area contributed by atoms with Crippen LogP contribution in [0.5, 0.6) is 0 Å². The molecule has 16 heavy (non-hydrogen) atoms. The van der Waals surface area contributed by atoms with E-state index in [1.54, 1.807) is 18.4 Å². The number of nitrogens with two attached hydrogens (primary N) is 1. The molecule has 0 fully saturated rings. The van der Waals surface area contributed by atoms with E-state index < -0.39 is 4.92 Å². The van der Waals surface area contributed by atoms with Crippen molar-refractivity contribution in [2.45, 2.75) is 6.92 Å². The first kappa shape index (κ1) is 12.1. The zero-order chi connectivity index (χ0) is 12.1. The molecule has 0 spiro atoms. The minimum atomic E-state index is -0.454. The van der Waals surface area contributed by atoms with Gasteiger partial charge in [0.25, 0.3) is 5.70 Å². The molecule has 0 unspecified atom stereocenters. The molecule has 0 aliphatic carbocycles. The van der Waals surface area contributed by atoms with Crippen LogP contribution in [0.2, 0.25) is 0 Å². The fourth-order valence-electron chi connectivity index (χ4n) is 1.19. The number of thiazole rings is 1. The van der Waals surface area contributed by atoms with E-state index in [1.165, 1.54) is 23.5 Å². The van der Waals surface area contributed by atoms with Crippen LogP contribution in [0.15, 0.2) is 35.9 Å². The van der Waals surface area contributed by atoms with E-state index in [0.717, 1.165) is 0 Å². The third kappa shape index (κ3) is 2.54. The molecular weight excluding hydrogens is 226 g/mol. The normalized spacial score (nSPS) is 12.6. The van der Waals surface area contributed by atoms with Gasteiger partial charge in [-0.25, -0.2) is 4.98 Å². The second-order valence-corrected chi connectivity index (χ2v) is 3.71. The maximum absolute atomic E-state index is 10.8. The number of hydrogen-bond acceptors (Lipinski definition) is 5. The molecule has 0 amide bonds. The molecule has 0 atom stereocenters. The molecule has 0 saturated carbocycles. The van der Waals surface area contributed by atoms with Crippen molar-refractivity contribution in [3.8, 4) is 0 Å². The van der Waals surface area contributed by atoms with Crippen molar-refractivity contribution in [1.29, 1.82) is 0 Å². The van der Waals surface area contributed by atoms with Gasteiger partial charge in [0.1, 0.15) is 0 Å². The summed E-state index contributed by atoms with van der Waals surface area (Å²) < 4.78 is 0. The van der Waals surface area contributed by atoms with E-state index in [-0.39, 0.29) is 5.70 Å². The lowest BCUT2D eigenvalue weighted by Gasteiger charge is -2.00. The quantitative estimate of drug-likeness (QED) is 0.495. The summed E-state index contributed by atoms with van der Waals surface area (Å²) in [5.41, 5.74) is 6.39. The molecule has 1 aromatic heterocycles. The zero-order valence-electron chi connectivity index (χ0n) is 8.71. The van der Waals surface area contributed by atoms with Crippen LogP contribution in [0.4, 0.5) is 5.13 Å². The molecule has 1 heterocycles. The highest BCUT2D eigenvalue weighted by molar-refractivity contribution is 7.13. The number of rotatable bonds is 4. The van der Waals surface area contributed by atoms with Gasteiger partial charge in [-0.1, -0.05) is 12.7 Å². The molecule has 0 aliphatic heterocycles. The summed E-state index contributed by atoms with van der Waals surface area (Å²) in [6, 6.07) is 0. The number of nitrogens with zero attached hydrogens (tertiary/aromatic N) is 2. The number of anilines is 1. The lowest BCUT2D eigenvalue weighted by molar-refractivity contribution is -0.417. The summed E-state index contributed by atoms with van der Waals surface area (Å²) in [5, 5.41) is 12.9. The molecule has 0 aliphatic rings. The Morgan fingerprint density at radius 3 is 2.81 bits per heavy atom. The first-order chi connectivity index (χ1) is 7.60. The zero-order valence-corrected chi connectivity index (χ0v) is 9.53. The van der Waals surface area contributed by atoms with Crippen LogP contribution < -0.4 is 5.73 Å². The van der Waals surface area contributed by atoms with Crippen molar-refractivity contribution in [3.63, 3.8) is 0 Å². The number of nitrogen functional groups attached to an aromatic ring is 1. The highest BCUT2D eigenvalue weighted by Crippen LogP contribution is 2.25. The summed E-state index contributed by atoms with van der Waals surface area (Å²) in [4.78, 5) is 14.4. The van der Waals surface area contributed by atoms with Gasteiger partial charge in [0.2, 0.25) is 0 Å². The maximum Gasteiger partial charge on any atom is 0.274 e. The van der Waals surface area contributed by atoms with Crippen LogP contribution >= 0.6 is 11.3 Å². The lowest BCUT2D eigenvalue weighted by atomic mass is 10.1. The molecule has 6 heteroatoms. The highest BCUT2D eigenvalue weighted by atomic mass is 32.1. The second kappa shape index (κ2) is 5.22. The van der Waals surface area contributed by atoms with Crippen LogP contribution in [0.1, 0.15) is 12.6 Å². The van der Waals surface area contributed by atoms with Crippen molar-refractivity contribution in [1.82, 2.24) is 4.98 Å². The fourth-order valence-corrected chi connectivity index (χ4v) is 1.75. The Labute approximate surface area is 96.8 Å². The van der Waals surface area contributed by atoms with E-state index in [1.807, 2.05) is 0 Å². The average molecular weight is 237 g/mol. The van der Waals surface area contributed by atoms with Crippen molar-refractivity contribution < 1.29 is 4.92 Å². The predicted molar refractivity (Wildman–Crippen MR) is 65.5 cm³/mol. The lowest BCUT2D eigenvalue weighted by Crippen LogP contribution is -2.02. The first-order valence-electron chi connectivity index (χ1n) is 4.45. The summed E-state index contributed by atoms with van der Waals surface area (Å²) in [7, 11) is 0. The smallest absolute Gasteiger partial charge is 0.274 e. The number of hydrogen-bond donors (Lipinski definition) is 1. The van der Waals surface area contributed by atoms with Gasteiger partial charge in [-0.2, -0.15) is 0 Å². The third-order valence-corrected chi connectivity index (χ3v) is 2.50. The molecule has 0 bridgehead atoms. The number of nitro groups is 1. The van der Waals surface area contributed by atoms with Crippen LogP contribution in [-0.4, -0.2) is 9.91 Å². The molecule has 84 valence electrons. The van der Waals surface area contributed by atoms with E-state index in [4.69, 9.17) is 5.73 Å². The van der Waals surface area contributed by atoms with Gasteiger partial charge in [0, 0.05) is 5.38 Å². The minimum Gasteiger partial charge on any atom is -0.375 e. The van der Waals surface area contributed by atoms with Gasteiger partial charge >= 0.3 is 0 Å². The van der Waals surface area contributed by atoms with Crippen molar-refractivity contribution in [2.24, 2.45) is 0 Å². The first-order valence-corrected chi connectivity index (χ1v) is 5.33. The standard InChI is InChI=1S/C10H11N3O2S/c1-3-5-7(9(4-2)13(14)15)8-6-16-10(11)12-8/h3-6H,1H2,2H3,(H2,11,12)/b7-5-,9-4+. The molecule has 1 aromatic rings. The Bertz CT molecular complexity index is 474. The third-order valence-electron chi connectivity index (χ3n) is 1.83. The summed E-state index contributed by atoms with van der Waals surface area (Å²) >= 11 is 1.24. The molecule has 0 radical (unpaired) electrons. The van der Waals surface area contributed by atoms with E-state index in [2.05, 4.69) is 11.6 Å². The predicted octanol–water partition coefficient (Wildman–Crippen LogP) is 2.48. The van der Waals surface area contributed by atoms with Crippen molar-refractivity contribution in [3.05, 3.63) is 51.7 Å². The van der Waals surface area contributed by atoms with Gasteiger partial charge in [-0.05, 0) is 19.1 Å². The van der Waals surface area contributed by atoms with Gasteiger partial charge in [0.15, 0.2) is 5.13 Å². The molecule has 0 saturated heterocycles. The molecular formula is C10H11N3O2S. The van der Waals surface area contributed by atoms with Crippen molar-refractivity contribution >= 4 is 22.0 Å². The molecule has 2 N–H and O–H groups in total. The number of allylic oxidation sites excluding steroid dienone is 4. The van der Waals surface area contributed by atoms with Gasteiger partial charge in [-0.15, -0.1) is 11.3 Å². The largest absolute Gasteiger partial charge is 0.375 e. The maximum atomic E-state index is 10.8. The minimum absolute atomic E-state index is 0.00907. The molecule has 5 nitrogen and oxygen atoms in total. The molecule has 1 rings (SSSR count). The van der Waals surface area contributed by atoms with Crippen LogP contribution in [0.3, 0.4) is 0 Å². The Hall–Kier alpha value is -1.95. The second-order valence-electron chi connectivity index (χ2n) is 2.82. The Morgan fingerprint density at radius 2 is 2.44 bits per heavy atom. The molecule has 0 aromatic carbocycles. The summed E-state index contributed by atoms with van der Waals surface area (Å²) in [6.45, 7) is 5.13. The highest BCUT2D eigenvalue weighted by Gasteiger charge is 2.19. The van der Waals surface area contributed by atoms with Crippen molar-refractivity contribution in [2.75, 3.05) is 5.73 Å². The summed E-state index contributed by atoms with van der Waals surface area (Å²) in [5.74, 6) is 0. The van der Waals surface area contributed by atoms with Gasteiger partial charge in [0.05, 0.1) is 16.2 Å². The fraction of sp³-hybridized carbons (Fsp3) is 0.100. The SMILES string of the molecule is C=C/C=C(\C(=C/C)[N+](=O)[O-])c1csc(N)n1. The Morgan fingerprint density at radius 1 is 1.75 bits per heavy atom. The number of aromatic nitrogens is 1.